The van der Waals surface area contributed by atoms with Crippen molar-refractivity contribution in [3.63, 3.8) is 0 Å². The molecule has 3 aromatic carbocycles. The van der Waals surface area contributed by atoms with Crippen LogP contribution in [0, 0.1) is 60.8 Å². The maximum absolute atomic E-state index is 5.20. The smallest absolute Gasteiger partial charge is 0.0379 e. The number of hydrogen-bond acceptors (Lipinski definition) is 3. The summed E-state index contributed by atoms with van der Waals surface area (Å²) in [6.45, 7) is 42.9. The summed E-state index contributed by atoms with van der Waals surface area (Å²) in [4.78, 5) is 2.44. The molecule has 3 aromatic rings. The summed E-state index contributed by atoms with van der Waals surface area (Å²) in [7, 11) is 3.75. The van der Waals surface area contributed by atoms with Gasteiger partial charge in [0.05, 0.1) is 0 Å². The molecule has 0 saturated carbocycles. The predicted octanol–water partition coefficient (Wildman–Crippen LogP) is 15.0. The first-order valence-corrected chi connectivity index (χ1v) is 21.2. The van der Waals surface area contributed by atoms with Crippen LogP contribution in [-0.2, 0) is 0 Å². The van der Waals surface area contributed by atoms with Gasteiger partial charge in [-0.3, -0.25) is 0 Å². The normalized spacial score (nSPS) is 9.24. The molecule has 54 heavy (non-hydrogen) atoms. The number of rotatable bonds is 12. The Kier molecular flexibility index (Phi) is 40.1. The minimum atomic E-state index is 0.569. The molecule has 3 rings (SSSR count). The van der Waals surface area contributed by atoms with Gasteiger partial charge in [0.2, 0.25) is 0 Å². The van der Waals surface area contributed by atoms with E-state index in [-0.39, 0.29) is 0 Å². The van der Waals surface area contributed by atoms with Crippen molar-refractivity contribution in [3.05, 3.63) is 105 Å². The second kappa shape index (κ2) is 37.8. The van der Waals surface area contributed by atoms with E-state index < -0.39 is 0 Å². The standard InChI is InChI=1S/C23H40N2.C10H14.C9H8.C3H8.C2H7N.2C2H6/c1-8-12-21(13-9-2)24-23-17-22(18(5)16-19(23)6)20(7)25(14-10-3)15-11-4;1-7-5-9(3)10(4)6-8(7)2;1-3-9-7-5-4-6-8(9)2;2*1-3-2;2*1-2/h16-17,21,24H,7-15H2,1-6H3;5-6H,1-4H3;1,4-7H,2H3;3H2,1-2H3;3H,1-2H3;2*1-2H3. The minimum absolute atomic E-state index is 0.569. The van der Waals surface area contributed by atoms with Gasteiger partial charge < -0.3 is 15.5 Å². The van der Waals surface area contributed by atoms with E-state index >= 15 is 0 Å². The maximum Gasteiger partial charge on any atom is 0.0379 e. The van der Waals surface area contributed by atoms with E-state index in [0.29, 0.717) is 6.04 Å². The second-order valence-electron chi connectivity index (χ2n) is 13.5. The highest BCUT2D eigenvalue weighted by molar-refractivity contribution is 5.70. The predicted molar refractivity (Wildman–Crippen MR) is 252 cm³/mol. The zero-order valence-corrected chi connectivity index (χ0v) is 39.3. The molecule has 0 aliphatic carbocycles. The average molecular weight is 744 g/mol. The van der Waals surface area contributed by atoms with Gasteiger partial charge in [0.25, 0.3) is 0 Å². The van der Waals surface area contributed by atoms with Gasteiger partial charge in [0.15, 0.2) is 0 Å². The summed E-state index contributed by atoms with van der Waals surface area (Å²) in [5.74, 6) is 2.60. The monoisotopic (exact) mass is 744 g/mol. The van der Waals surface area contributed by atoms with E-state index in [1.807, 2.05) is 73.0 Å². The third kappa shape index (κ3) is 25.5. The highest BCUT2D eigenvalue weighted by Gasteiger charge is 2.15. The van der Waals surface area contributed by atoms with Crippen LogP contribution in [0.4, 0.5) is 5.69 Å². The number of nitrogens with one attached hydrogen (secondary N) is 2. The lowest BCUT2D eigenvalue weighted by molar-refractivity contribution is 0.396. The van der Waals surface area contributed by atoms with Crippen LogP contribution in [0.2, 0.25) is 0 Å². The summed E-state index contributed by atoms with van der Waals surface area (Å²) >= 11 is 0. The number of terminal acetylenes is 1. The molecule has 2 N–H and O–H groups in total. The van der Waals surface area contributed by atoms with E-state index in [0.717, 1.165) is 31.5 Å². The van der Waals surface area contributed by atoms with Crippen LogP contribution in [0.15, 0.2) is 55.1 Å². The van der Waals surface area contributed by atoms with Gasteiger partial charge in [-0.15, -0.1) is 6.42 Å². The van der Waals surface area contributed by atoms with Gasteiger partial charge >= 0.3 is 0 Å². The van der Waals surface area contributed by atoms with Crippen LogP contribution >= 0.6 is 0 Å². The maximum atomic E-state index is 5.20. The molecule has 0 aliphatic rings. The zero-order valence-electron chi connectivity index (χ0n) is 39.3. The number of nitrogens with zero attached hydrogens (tertiary/aromatic N) is 1. The molecule has 0 radical (unpaired) electrons. The molecular weight excluding hydrogens is 655 g/mol. The number of benzene rings is 3. The first-order valence-electron chi connectivity index (χ1n) is 21.2. The fourth-order valence-corrected chi connectivity index (χ4v) is 5.46. The molecule has 0 spiro atoms. The van der Waals surface area contributed by atoms with Gasteiger partial charge in [-0.2, -0.15) is 0 Å². The SMILES string of the molecule is C#Cc1ccccc1C.C=C(c1cc(NC(CCC)CCC)c(C)cc1C)N(CCC)CCC.CC.CC.CCC.CNC.Cc1cc(C)c(C)cc1C. The quantitative estimate of drug-likeness (QED) is 0.181. The lowest BCUT2D eigenvalue weighted by Gasteiger charge is -2.28. The molecule has 0 atom stereocenters. The molecule has 308 valence electrons. The Bertz CT molecular complexity index is 1310. The number of hydrogen-bond donors (Lipinski definition) is 2. The van der Waals surface area contributed by atoms with Gasteiger partial charge in [-0.25, -0.2) is 0 Å². The van der Waals surface area contributed by atoms with Crippen LogP contribution in [0.25, 0.3) is 5.70 Å². The molecule has 0 saturated heterocycles. The summed E-state index contributed by atoms with van der Waals surface area (Å²) < 4.78 is 0. The Morgan fingerprint density at radius 3 is 1.35 bits per heavy atom. The molecule has 3 nitrogen and oxygen atoms in total. The molecular formula is C51H89N3. The van der Waals surface area contributed by atoms with Gasteiger partial charge in [0, 0.05) is 41.6 Å². The Morgan fingerprint density at radius 1 is 0.630 bits per heavy atom. The van der Waals surface area contributed by atoms with E-state index in [2.05, 4.69) is 135 Å². The summed E-state index contributed by atoms with van der Waals surface area (Å²) in [5.41, 5.74) is 14.1. The minimum Gasteiger partial charge on any atom is -0.382 e. The molecule has 3 heteroatoms. The van der Waals surface area contributed by atoms with Crippen molar-refractivity contribution in [3.8, 4) is 12.3 Å². The van der Waals surface area contributed by atoms with Gasteiger partial charge in [-0.05, 0) is 139 Å². The van der Waals surface area contributed by atoms with Crippen molar-refractivity contribution in [2.45, 2.75) is 169 Å². The van der Waals surface area contributed by atoms with Crippen LogP contribution in [0.1, 0.15) is 164 Å². The van der Waals surface area contributed by atoms with E-state index in [9.17, 15) is 0 Å². The van der Waals surface area contributed by atoms with Crippen molar-refractivity contribution >= 4 is 11.4 Å². The molecule has 0 aromatic heterocycles. The van der Waals surface area contributed by atoms with Crippen LogP contribution in [-0.4, -0.2) is 38.1 Å². The van der Waals surface area contributed by atoms with Crippen molar-refractivity contribution in [2.24, 2.45) is 0 Å². The van der Waals surface area contributed by atoms with Gasteiger partial charge in [0.1, 0.15) is 0 Å². The average Bonchev–Trinajstić information content (AvgIpc) is 3.15. The Labute approximate surface area is 339 Å². The van der Waals surface area contributed by atoms with Crippen LogP contribution in [0.3, 0.4) is 0 Å². The first kappa shape index (κ1) is 57.2. The summed E-state index contributed by atoms with van der Waals surface area (Å²) in [6, 6.07) is 17.6. The zero-order chi connectivity index (χ0) is 42.6. The van der Waals surface area contributed by atoms with E-state index in [4.69, 9.17) is 6.42 Å². The summed E-state index contributed by atoms with van der Waals surface area (Å²) in [6.07, 6.45) is 13.7. The lowest BCUT2D eigenvalue weighted by atomic mass is 9.99. The fraction of sp³-hybridized carbons (Fsp3) is 0.569. The van der Waals surface area contributed by atoms with Crippen molar-refractivity contribution in [1.29, 1.82) is 0 Å². The Balaban J connectivity index is -0.000000352. The fourth-order valence-electron chi connectivity index (χ4n) is 5.46. The van der Waals surface area contributed by atoms with E-state index in [1.54, 1.807) is 0 Å². The molecule has 0 heterocycles. The largest absolute Gasteiger partial charge is 0.382 e. The van der Waals surface area contributed by atoms with E-state index in [1.165, 1.54) is 88.0 Å². The van der Waals surface area contributed by atoms with Crippen LogP contribution in [0.5, 0.6) is 0 Å². The number of aryl methyl sites for hydroxylation is 7. The van der Waals surface area contributed by atoms with Crippen molar-refractivity contribution < 1.29 is 0 Å². The topological polar surface area (TPSA) is 27.3 Å². The van der Waals surface area contributed by atoms with Crippen molar-refractivity contribution in [1.82, 2.24) is 10.2 Å². The first-order chi connectivity index (χ1) is 25.8. The molecule has 0 fully saturated rings. The molecule has 0 bridgehead atoms. The summed E-state index contributed by atoms with van der Waals surface area (Å²) in [5, 5.41) is 6.56. The third-order valence-corrected chi connectivity index (χ3v) is 8.30. The third-order valence-electron chi connectivity index (χ3n) is 8.30. The van der Waals surface area contributed by atoms with Gasteiger partial charge in [-0.1, -0.05) is 137 Å². The number of anilines is 1. The van der Waals surface area contributed by atoms with Crippen LogP contribution < -0.4 is 10.6 Å². The Morgan fingerprint density at radius 2 is 1.02 bits per heavy atom. The second-order valence-corrected chi connectivity index (χ2v) is 13.5. The molecule has 0 unspecified atom stereocenters. The Hall–Kier alpha value is -3.48. The molecule has 0 aliphatic heterocycles. The van der Waals surface area contributed by atoms with Crippen molar-refractivity contribution in [2.75, 3.05) is 32.5 Å². The highest BCUT2D eigenvalue weighted by Crippen LogP contribution is 2.29. The lowest BCUT2D eigenvalue weighted by Crippen LogP contribution is -2.24. The molecule has 0 amide bonds. The highest BCUT2D eigenvalue weighted by atomic mass is 15.1.